The van der Waals surface area contributed by atoms with E-state index in [0.717, 1.165) is 6.61 Å². The Labute approximate surface area is 152 Å². The fourth-order valence-corrected chi connectivity index (χ4v) is 3.35. The lowest BCUT2D eigenvalue weighted by atomic mass is 10.0. The van der Waals surface area contributed by atoms with Gasteiger partial charge >= 0.3 is 0 Å². The fraction of sp³-hybridized carbons (Fsp3) is 1.00. The SMILES string of the molecule is CC[NH+](CC)CCCCCCCCCCCCCCC1CO1.[Cl-]. The average molecular weight is 348 g/mol. The molecule has 1 heterocycles. The Bertz CT molecular complexity index is 230. The van der Waals surface area contributed by atoms with Crippen molar-refractivity contribution in [3.05, 3.63) is 0 Å². The number of quaternary nitrogens is 1. The standard InChI is InChI=1S/C20H41NO.ClH/c1-3-21(4-2)18-16-14-12-10-8-6-5-7-9-11-13-15-17-20-19-22-20;/h20H,3-19H2,1-2H3;1H. The molecule has 1 aliphatic heterocycles. The minimum absolute atomic E-state index is 0. The summed E-state index contributed by atoms with van der Waals surface area (Å²) in [6.07, 6.45) is 19.4. The van der Waals surface area contributed by atoms with Gasteiger partial charge in [-0.25, -0.2) is 0 Å². The molecule has 23 heavy (non-hydrogen) atoms. The lowest BCUT2D eigenvalue weighted by Crippen LogP contribution is -3.11. The maximum absolute atomic E-state index is 5.24. The summed E-state index contributed by atoms with van der Waals surface area (Å²) < 4.78 is 5.24. The number of unbranched alkanes of at least 4 members (excludes halogenated alkanes) is 11. The Kier molecular flexibility index (Phi) is 17.2. The normalized spacial score (nSPS) is 16.6. The van der Waals surface area contributed by atoms with Crippen molar-refractivity contribution in [1.82, 2.24) is 0 Å². The van der Waals surface area contributed by atoms with Crippen LogP contribution in [-0.2, 0) is 4.74 Å². The average Bonchev–Trinajstić information content (AvgIpc) is 3.35. The van der Waals surface area contributed by atoms with Gasteiger partial charge in [0.05, 0.1) is 32.3 Å². The molecular weight excluding hydrogens is 306 g/mol. The van der Waals surface area contributed by atoms with Crippen molar-refractivity contribution in [2.75, 3.05) is 26.2 Å². The van der Waals surface area contributed by atoms with Crippen molar-refractivity contribution in [3.63, 3.8) is 0 Å². The van der Waals surface area contributed by atoms with Gasteiger partial charge in [-0.3, -0.25) is 0 Å². The Hall–Kier alpha value is 0.210. The largest absolute Gasteiger partial charge is 1.00 e. The molecule has 1 N–H and O–H groups in total. The summed E-state index contributed by atoms with van der Waals surface area (Å²) in [5.74, 6) is 0. The zero-order valence-corrected chi connectivity index (χ0v) is 16.6. The van der Waals surface area contributed by atoms with Gasteiger partial charge < -0.3 is 22.0 Å². The minimum Gasteiger partial charge on any atom is -1.00 e. The Morgan fingerprint density at radius 3 is 1.48 bits per heavy atom. The Morgan fingerprint density at radius 2 is 1.09 bits per heavy atom. The van der Waals surface area contributed by atoms with E-state index >= 15 is 0 Å². The van der Waals surface area contributed by atoms with Gasteiger partial charge in [-0.2, -0.15) is 0 Å². The van der Waals surface area contributed by atoms with E-state index < -0.39 is 0 Å². The van der Waals surface area contributed by atoms with E-state index in [1.807, 2.05) is 0 Å². The highest BCUT2D eigenvalue weighted by molar-refractivity contribution is 4.68. The summed E-state index contributed by atoms with van der Waals surface area (Å²) >= 11 is 0. The Balaban J connectivity index is 0.00000484. The van der Waals surface area contributed by atoms with Crippen LogP contribution in [0.15, 0.2) is 0 Å². The van der Waals surface area contributed by atoms with E-state index in [1.54, 1.807) is 4.90 Å². The van der Waals surface area contributed by atoms with E-state index in [2.05, 4.69) is 13.8 Å². The van der Waals surface area contributed by atoms with Crippen LogP contribution in [0.1, 0.15) is 97.3 Å². The summed E-state index contributed by atoms with van der Waals surface area (Å²) in [5.41, 5.74) is 0. The van der Waals surface area contributed by atoms with Gasteiger partial charge in [0.15, 0.2) is 0 Å². The topological polar surface area (TPSA) is 17.0 Å². The molecule has 0 aliphatic carbocycles. The molecule has 0 saturated carbocycles. The van der Waals surface area contributed by atoms with Crippen LogP contribution in [0.5, 0.6) is 0 Å². The molecule has 0 radical (unpaired) electrons. The summed E-state index contributed by atoms with van der Waals surface area (Å²) in [4.78, 5) is 1.77. The Morgan fingerprint density at radius 1 is 0.696 bits per heavy atom. The second-order valence-electron chi connectivity index (χ2n) is 7.19. The highest BCUT2D eigenvalue weighted by Gasteiger charge is 2.20. The van der Waals surface area contributed by atoms with Crippen LogP contribution >= 0.6 is 0 Å². The number of nitrogens with one attached hydrogen (secondary N) is 1. The predicted molar refractivity (Wildman–Crippen MR) is 96.7 cm³/mol. The fourth-order valence-electron chi connectivity index (χ4n) is 3.35. The summed E-state index contributed by atoms with van der Waals surface area (Å²) in [7, 11) is 0. The minimum atomic E-state index is 0. The zero-order valence-electron chi connectivity index (χ0n) is 15.9. The molecule has 3 heteroatoms. The van der Waals surface area contributed by atoms with Gasteiger partial charge in [-0.15, -0.1) is 0 Å². The third-order valence-corrected chi connectivity index (χ3v) is 5.21. The molecule has 1 fully saturated rings. The van der Waals surface area contributed by atoms with Crippen LogP contribution in [0, 0.1) is 0 Å². The monoisotopic (exact) mass is 347 g/mol. The maximum atomic E-state index is 5.24. The van der Waals surface area contributed by atoms with Crippen LogP contribution in [0.2, 0.25) is 0 Å². The molecule has 0 aromatic carbocycles. The third-order valence-electron chi connectivity index (χ3n) is 5.21. The first-order valence-electron chi connectivity index (χ1n) is 10.3. The molecule has 0 aromatic rings. The third kappa shape index (κ3) is 15.5. The van der Waals surface area contributed by atoms with Gasteiger partial charge in [0.2, 0.25) is 0 Å². The molecular formula is C20H42ClNO. The van der Waals surface area contributed by atoms with Gasteiger partial charge in [0.25, 0.3) is 0 Å². The second kappa shape index (κ2) is 17.0. The number of ether oxygens (including phenoxy) is 1. The van der Waals surface area contributed by atoms with Crippen LogP contribution in [0.3, 0.4) is 0 Å². The zero-order chi connectivity index (χ0) is 15.9. The first kappa shape index (κ1) is 23.2. The summed E-state index contributed by atoms with van der Waals surface area (Å²) in [6.45, 7) is 9.63. The van der Waals surface area contributed by atoms with Crippen molar-refractivity contribution < 1.29 is 22.0 Å². The van der Waals surface area contributed by atoms with Gasteiger partial charge in [0, 0.05) is 0 Å². The van der Waals surface area contributed by atoms with Crippen molar-refractivity contribution in [2.24, 2.45) is 0 Å². The second-order valence-corrected chi connectivity index (χ2v) is 7.19. The maximum Gasteiger partial charge on any atom is 0.0810 e. The number of hydrogen-bond donors (Lipinski definition) is 1. The lowest BCUT2D eigenvalue weighted by Gasteiger charge is -2.14. The van der Waals surface area contributed by atoms with Crippen LogP contribution in [-0.4, -0.2) is 32.3 Å². The molecule has 1 rings (SSSR count). The van der Waals surface area contributed by atoms with Crippen molar-refractivity contribution in [3.8, 4) is 0 Å². The number of hydrogen-bond acceptors (Lipinski definition) is 1. The molecule has 1 aliphatic rings. The highest BCUT2D eigenvalue weighted by atomic mass is 35.5. The van der Waals surface area contributed by atoms with Gasteiger partial charge in [-0.05, 0) is 33.1 Å². The van der Waals surface area contributed by atoms with Gasteiger partial charge in [-0.1, -0.05) is 64.2 Å². The molecule has 1 atom stereocenters. The molecule has 0 aromatic heterocycles. The van der Waals surface area contributed by atoms with Crippen LogP contribution < -0.4 is 17.3 Å². The number of rotatable bonds is 17. The van der Waals surface area contributed by atoms with E-state index in [9.17, 15) is 0 Å². The van der Waals surface area contributed by atoms with E-state index in [1.165, 1.54) is 103 Å². The summed E-state index contributed by atoms with van der Waals surface area (Å²) in [5, 5.41) is 0. The first-order valence-corrected chi connectivity index (χ1v) is 10.3. The molecule has 0 spiro atoms. The molecule has 0 amide bonds. The van der Waals surface area contributed by atoms with E-state index in [4.69, 9.17) is 4.74 Å². The predicted octanol–water partition coefficient (Wildman–Crippen LogP) is 1.39. The lowest BCUT2D eigenvalue weighted by molar-refractivity contribution is -0.896. The molecule has 1 unspecified atom stereocenters. The summed E-state index contributed by atoms with van der Waals surface area (Å²) in [6, 6.07) is 0. The van der Waals surface area contributed by atoms with Crippen LogP contribution in [0.25, 0.3) is 0 Å². The molecule has 2 nitrogen and oxygen atoms in total. The van der Waals surface area contributed by atoms with Gasteiger partial charge in [0.1, 0.15) is 0 Å². The quantitative estimate of drug-likeness (QED) is 0.311. The highest BCUT2D eigenvalue weighted by Crippen LogP contribution is 2.18. The van der Waals surface area contributed by atoms with Crippen molar-refractivity contribution in [2.45, 2.75) is 103 Å². The first-order chi connectivity index (χ1) is 10.9. The molecule has 140 valence electrons. The number of halogens is 1. The van der Waals surface area contributed by atoms with Crippen molar-refractivity contribution in [1.29, 1.82) is 0 Å². The van der Waals surface area contributed by atoms with Crippen molar-refractivity contribution >= 4 is 0 Å². The molecule has 1 saturated heterocycles. The van der Waals surface area contributed by atoms with Crippen LogP contribution in [0.4, 0.5) is 0 Å². The van der Waals surface area contributed by atoms with E-state index in [-0.39, 0.29) is 12.4 Å². The molecule has 0 bridgehead atoms. The number of epoxide rings is 1. The smallest absolute Gasteiger partial charge is 0.0810 e. The van der Waals surface area contributed by atoms with E-state index in [0.29, 0.717) is 6.10 Å².